The first-order valence-corrected chi connectivity index (χ1v) is 8.62. The molecule has 1 atom stereocenters. The highest BCUT2D eigenvalue weighted by molar-refractivity contribution is 5.93. The Hall–Kier alpha value is -2.52. The Kier molecular flexibility index (Phi) is 6.13. The molecule has 1 unspecified atom stereocenters. The summed E-state index contributed by atoms with van der Waals surface area (Å²) in [5, 5.41) is 9.76. The maximum atomic E-state index is 12.2. The van der Waals surface area contributed by atoms with Crippen molar-refractivity contribution in [3.05, 3.63) is 35.6 Å². The second-order valence-electron chi connectivity index (χ2n) is 6.27. The SMILES string of the molecule is CC(C)c1nc(CNC(=O)c2ccc(NCC3COCCO3)nc2)no1. The van der Waals surface area contributed by atoms with Crippen LogP contribution in [0.2, 0.25) is 0 Å². The fourth-order valence-electron chi connectivity index (χ4n) is 2.34. The number of amides is 1. The number of nitrogens with one attached hydrogen (secondary N) is 2. The van der Waals surface area contributed by atoms with Crippen LogP contribution in [-0.2, 0) is 16.0 Å². The molecule has 0 radical (unpaired) electrons. The minimum Gasteiger partial charge on any atom is -0.376 e. The minimum absolute atomic E-state index is 0.0132. The molecule has 9 heteroatoms. The molecule has 1 saturated heterocycles. The molecule has 1 aliphatic heterocycles. The van der Waals surface area contributed by atoms with E-state index in [2.05, 4.69) is 25.8 Å². The van der Waals surface area contributed by atoms with Crippen LogP contribution in [0, 0.1) is 0 Å². The molecule has 0 aromatic carbocycles. The Morgan fingerprint density at radius 2 is 2.23 bits per heavy atom. The van der Waals surface area contributed by atoms with Crippen molar-refractivity contribution in [3.63, 3.8) is 0 Å². The van der Waals surface area contributed by atoms with Crippen LogP contribution in [0.15, 0.2) is 22.9 Å². The Bertz CT molecular complexity index is 710. The van der Waals surface area contributed by atoms with Gasteiger partial charge in [-0.05, 0) is 12.1 Å². The molecule has 1 amide bonds. The number of carbonyl (C=O) groups is 1. The van der Waals surface area contributed by atoms with E-state index >= 15 is 0 Å². The molecule has 0 bridgehead atoms. The molecule has 2 aromatic heterocycles. The van der Waals surface area contributed by atoms with Crippen molar-refractivity contribution in [2.24, 2.45) is 0 Å². The standard InChI is InChI=1S/C17H23N5O4/c1-11(2)17-21-15(22-26-17)9-20-16(23)12-3-4-14(18-7-12)19-8-13-10-24-5-6-25-13/h3-4,7,11,13H,5-6,8-10H2,1-2H3,(H,18,19)(H,20,23). The van der Waals surface area contributed by atoms with E-state index in [1.165, 1.54) is 6.20 Å². The van der Waals surface area contributed by atoms with Crippen LogP contribution in [0.4, 0.5) is 5.82 Å². The number of ether oxygens (including phenoxy) is 2. The van der Waals surface area contributed by atoms with E-state index in [4.69, 9.17) is 14.0 Å². The van der Waals surface area contributed by atoms with Crippen LogP contribution in [-0.4, -0.2) is 53.5 Å². The molecule has 2 aromatic rings. The number of nitrogens with zero attached hydrogens (tertiary/aromatic N) is 3. The first-order valence-electron chi connectivity index (χ1n) is 8.62. The molecule has 0 aliphatic carbocycles. The van der Waals surface area contributed by atoms with E-state index in [0.29, 0.717) is 49.5 Å². The third-order valence-electron chi connectivity index (χ3n) is 3.81. The topological polar surface area (TPSA) is 111 Å². The van der Waals surface area contributed by atoms with E-state index in [0.717, 1.165) is 0 Å². The number of rotatable bonds is 7. The van der Waals surface area contributed by atoms with Crippen molar-refractivity contribution in [3.8, 4) is 0 Å². The maximum Gasteiger partial charge on any atom is 0.253 e. The highest BCUT2D eigenvalue weighted by Gasteiger charge is 2.15. The first kappa shape index (κ1) is 18.3. The molecule has 26 heavy (non-hydrogen) atoms. The summed E-state index contributed by atoms with van der Waals surface area (Å²) in [6.45, 7) is 6.55. The molecule has 140 valence electrons. The summed E-state index contributed by atoms with van der Waals surface area (Å²) in [6.07, 6.45) is 1.53. The van der Waals surface area contributed by atoms with E-state index in [1.807, 2.05) is 13.8 Å². The van der Waals surface area contributed by atoms with Gasteiger partial charge in [-0.15, -0.1) is 0 Å². The van der Waals surface area contributed by atoms with Crippen LogP contribution in [0.3, 0.4) is 0 Å². The van der Waals surface area contributed by atoms with Gasteiger partial charge in [-0.2, -0.15) is 4.98 Å². The number of aromatic nitrogens is 3. The summed E-state index contributed by atoms with van der Waals surface area (Å²) < 4.78 is 16.0. The molecule has 0 saturated carbocycles. The zero-order chi connectivity index (χ0) is 18.4. The van der Waals surface area contributed by atoms with Crippen molar-refractivity contribution in [2.75, 3.05) is 31.7 Å². The number of carbonyl (C=O) groups excluding carboxylic acids is 1. The van der Waals surface area contributed by atoms with Gasteiger partial charge in [-0.25, -0.2) is 4.98 Å². The zero-order valence-corrected chi connectivity index (χ0v) is 14.9. The van der Waals surface area contributed by atoms with E-state index < -0.39 is 0 Å². The lowest BCUT2D eigenvalue weighted by Crippen LogP contribution is -2.34. The highest BCUT2D eigenvalue weighted by Crippen LogP contribution is 2.11. The van der Waals surface area contributed by atoms with Gasteiger partial charge < -0.3 is 24.6 Å². The summed E-state index contributed by atoms with van der Waals surface area (Å²) in [5.41, 5.74) is 0.459. The van der Waals surface area contributed by atoms with Gasteiger partial charge in [0.15, 0.2) is 5.82 Å². The Labute approximate surface area is 151 Å². The molecule has 1 aliphatic rings. The van der Waals surface area contributed by atoms with Gasteiger partial charge in [-0.3, -0.25) is 4.79 Å². The van der Waals surface area contributed by atoms with E-state index in [9.17, 15) is 4.79 Å². The van der Waals surface area contributed by atoms with Crippen molar-refractivity contribution in [1.29, 1.82) is 0 Å². The largest absolute Gasteiger partial charge is 0.376 e. The van der Waals surface area contributed by atoms with Crippen molar-refractivity contribution in [2.45, 2.75) is 32.4 Å². The monoisotopic (exact) mass is 361 g/mol. The van der Waals surface area contributed by atoms with Gasteiger partial charge in [0.1, 0.15) is 5.82 Å². The summed E-state index contributed by atoms with van der Waals surface area (Å²) in [6, 6.07) is 3.46. The van der Waals surface area contributed by atoms with Crippen LogP contribution in [0.5, 0.6) is 0 Å². The van der Waals surface area contributed by atoms with Crippen molar-refractivity contribution in [1.82, 2.24) is 20.4 Å². The van der Waals surface area contributed by atoms with Crippen LogP contribution < -0.4 is 10.6 Å². The van der Waals surface area contributed by atoms with Crippen molar-refractivity contribution < 1.29 is 18.8 Å². The second kappa shape index (κ2) is 8.72. The lowest BCUT2D eigenvalue weighted by atomic mass is 10.2. The van der Waals surface area contributed by atoms with E-state index in [1.54, 1.807) is 12.1 Å². The molecular formula is C17H23N5O4. The van der Waals surface area contributed by atoms with Crippen LogP contribution >= 0.6 is 0 Å². The van der Waals surface area contributed by atoms with Crippen LogP contribution in [0.1, 0.15) is 41.8 Å². The van der Waals surface area contributed by atoms with Gasteiger partial charge in [0.25, 0.3) is 5.91 Å². The molecule has 0 spiro atoms. The highest BCUT2D eigenvalue weighted by atomic mass is 16.6. The Balaban J connectivity index is 1.46. The van der Waals surface area contributed by atoms with Gasteiger partial charge in [0.2, 0.25) is 5.89 Å². The van der Waals surface area contributed by atoms with Gasteiger partial charge >= 0.3 is 0 Å². The number of anilines is 1. The summed E-state index contributed by atoms with van der Waals surface area (Å²) >= 11 is 0. The Morgan fingerprint density at radius 3 is 2.88 bits per heavy atom. The minimum atomic E-state index is -0.246. The number of pyridine rings is 1. The van der Waals surface area contributed by atoms with Gasteiger partial charge in [-0.1, -0.05) is 19.0 Å². The summed E-state index contributed by atoms with van der Waals surface area (Å²) in [4.78, 5) is 20.6. The van der Waals surface area contributed by atoms with Gasteiger partial charge in [0.05, 0.1) is 38.0 Å². The summed E-state index contributed by atoms with van der Waals surface area (Å²) in [7, 11) is 0. The predicted octanol–water partition coefficient (Wildman–Crippen LogP) is 1.35. The normalized spacial score (nSPS) is 17.3. The lowest BCUT2D eigenvalue weighted by Gasteiger charge is -2.23. The maximum absolute atomic E-state index is 12.2. The summed E-state index contributed by atoms with van der Waals surface area (Å²) in [5.74, 6) is 1.59. The molecule has 3 rings (SSSR count). The number of hydrogen-bond acceptors (Lipinski definition) is 8. The molecule has 2 N–H and O–H groups in total. The number of hydrogen-bond donors (Lipinski definition) is 2. The third-order valence-corrected chi connectivity index (χ3v) is 3.81. The average molecular weight is 361 g/mol. The molecule has 3 heterocycles. The fourth-order valence-corrected chi connectivity index (χ4v) is 2.34. The second-order valence-corrected chi connectivity index (χ2v) is 6.27. The average Bonchev–Trinajstić information content (AvgIpc) is 3.15. The third kappa shape index (κ3) is 4.99. The molecule has 9 nitrogen and oxygen atoms in total. The molecular weight excluding hydrogens is 338 g/mol. The van der Waals surface area contributed by atoms with Crippen molar-refractivity contribution >= 4 is 11.7 Å². The predicted molar refractivity (Wildman–Crippen MR) is 92.8 cm³/mol. The smallest absolute Gasteiger partial charge is 0.253 e. The first-order chi connectivity index (χ1) is 12.6. The van der Waals surface area contributed by atoms with Gasteiger partial charge in [0, 0.05) is 18.7 Å². The fraction of sp³-hybridized carbons (Fsp3) is 0.529. The lowest BCUT2D eigenvalue weighted by molar-refractivity contribution is -0.0819. The van der Waals surface area contributed by atoms with Crippen LogP contribution in [0.25, 0.3) is 0 Å². The Morgan fingerprint density at radius 1 is 1.35 bits per heavy atom. The molecule has 1 fully saturated rings. The zero-order valence-electron chi connectivity index (χ0n) is 14.9. The van der Waals surface area contributed by atoms with E-state index in [-0.39, 0.29) is 24.5 Å². The quantitative estimate of drug-likeness (QED) is 0.760.